The van der Waals surface area contributed by atoms with Crippen molar-refractivity contribution in [2.75, 3.05) is 6.61 Å². The van der Waals surface area contributed by atoms with Crippen LogP contribution >= 0.6 is 11.8 Å². The fourth-order valence-electron chi connectivity index (χ4n) is 1.61. The summed E-state index contributed by atoms with van der Waals surface area (Å²) in [4.78, 5) is 35.4. The molecule has 1 rings (SSSR count). The van der Waals surface area contributed by atoms with Crippen LogP contribution in [0.3, 0.4) is 0 Å². The molecule has 6 nitrogen and oxygen atoms in total. The van der Waals surface area contributed by atoms with Gasteiger partial charge in [-0.25, -0.2) is 4.79 Å². The molecule has 1 aromatic carbocycles. The van der Waals surface area contributed by atoms with Crippen LogP contribution in [0, 0.1) is 5.92 Å². The first-order valence-electron chi connectivity index (χ1n) is 6.17. The van der Waals surface area contributed by atoms with E-state index in [2.05, 4.69) is 4.74 Å². The van der Waals surface area contributed by atoms with E-state index in [1.807, 2.05) is 0 Å². The lowest BCUT2D eigenvalue weighted by molar-refractivity contribution is -0.314. The summed E-state index contributed by atoms with van der Waals surface area (Å²) in [6.07, 6.45) is 0. The van der Waals surface area contributed by atoms with E-state index < -0.39 is 28.6 Å². The number of rotatable bonds is 6. The molecule has 0 spiro atoms. The molecule has 0 bridgehead atoms. The Kier molecular flexibility index (Phi) is 5.92. The maximum atomic E-state index is 12.1. The van der Waals surface area contributed by atoms with Crippen LogP contribution in [0.15, 0.2) is 35.2 Å². The SMILES string of the molecule is CCOC(=O)C(C)(O)C(C(=O)[O-])C(=O)Sc1ccccc1. The van der Waals surface area contributed by atoms with Crippen molar-refractivity contribution in [2.45, 2.75) is 24.3 Å². The zero-order valence-electron chi connectivity index (χ0n) is 11.6. The van der Waals surface area contributed by atoms with E-state index in [4.69, 9.17) is 0 Å². The van der Waals surface area contributed by atoms with Crippen molar-refractivity contribution in [3.63, 3.8) is 0 Å². The second kappa shape index (κ2) is 7.24. The molecule has 1 N–H and O–H groups in total. The highest BCUT2D eigenvalue weighted by atomic mass is 32.2. The molecule has 0 aliphatic rings. The summed E-state index contributed by atoms with van der Waals surface area (Å²) in [5.74, 6) is -5.04. The van der Waals surface area contributed by atoms with Crippen LogP contribution in [0.5, 0.6) is 0 Å². The van der Waals surface area contributed by atoms with Crippen molar-refractivity contribution in [3.05, 3.63) is 30.3 Å². The second-order valence-electron chi connectivity index (χ2n) is 4.35. The highest BCUT2D eigenvalue weighted by Gasteiger charge is 2.46. The molecule has 0 saturated heterocycles. The molecule has 2 unspecified atom stereocenters. The van der Waals surface area contributed by atoms with Crippen LogP contribution in [-0.4, -0.2) is 34.4 Å². The van der Waals surface area contributed by atoms with E-state index in [1.54, 1.807) is 30.3 Å². The maximum Gasteiger partial charge on any atom is 0.339 e. The number of hydrogen-bond donors (Lipinski definition) is 1. The minimum absolute atomic E-state index is 0.0469. The lowest BCUT2D eigenvalue weighted by Gasteiger charge is -2.29. The number of carboxylic acid groups (broad SMARTS) is 1. The van der Waals surface area contributed by atoms with Crippen molar-refractivity contribution in [2.24, 2.45) is 5.92 Å². The third kappa shape index (κ3) is 4.30. The van der Waals surface area contributed by atoms with Gasteiger partial charge < -0.3 is 19.7 Å². The van der Waals surface area contributed by atoms with Gasteiger partial charge in [0.15, 0.2) is 5.60 Å². The summed E-state index contributed by atoms with van der Waals surface area (Å²) >= 11 is 0.615. The van der Waals surface area contributed by atoms with Gasteiger partial charge in [-0.05, 0) is 26.0 Å². The van der Waals surface area contributed by atoms with Crippen LogP contribution in [0.1, 0.15) is 13.8 Å². The van der Waals surface area contributed by atoms with Gasteiger partial charge in [0.25, 0.3) is 0 Å². The van der Waals surface area contributed by atoms with Gasteiger partial charge in [0.05, 0.1) is 12.6 Å². The number of carboxylic acids is 1. The molecular formula is C14H15O6S-. The molecule has 0 aliphatic heterocycles. The first-order chi connectivity index (χ1) is 9.80. The van der Waals surface area contributed by atoms with E-state index in [-0.39, 0.29) is 6.61 Å². The third-order valence-electron chi connectivity index (χ3n) is 2.68. The van der Waals surface area contributed by atoms with Crippen molar-refractivity contribution < 1.29 is 29.3 Å². The number of hydrogen-bond acceptors (Lipinski definition) is 7. The topological polar surface area (TPSA) is 104 Å². The number of benzene rings is 1. The zero-order chi connectivity index (χ0) is 16.0. The van der Waals surface area contributed by atoms with E-state index in [1.165, 1.54) is 6.92 Å². The van der Waals surface area contributed by atoms with Gasteiger partial charge in [-0.1, -0.05) is 30.0 Å². The highest BCUT2D eigenvalue weighted by molar-refractivity contribution is 8.13. The smallest absolute Gasteiger partial charge is 0.339 e. The molecule has 0 saturated carbocycles. The van der Waals surface area contributed by atoms with Gasteiger partial charge in [-0.2, -0.15) is 0 Å². The van der Waals surface area contributed by atoms with Gasteiger partial charge in [-0.3, -0.25) is 4.79 Å². The van der Waals surface area contributed by atoms with E-state index in [9.17, 15) is 24.6 Å². The van der Waals surface area contributed by atoms with Crippen LogP contribution in [-0.2, 0) is 19.1 Å². The number of thioether (sulfide) groups is 1. The lowest BCUT2D eigenvalue weighted by atomic mass is 9.90. The maximum absolute atomic E-state index is 12.1. The molecule has 0 aromatic heterocycles. The molecule has 0 fully saturated rings. The van der Waals surface area contributed by atoms with E-state index >= 15 is 0 Å². The molecular weight excluding hydrogens is 296 g/mol. The van der Waals surface area contributed by atoms with Crippen molar-refractivity contribution >= 4 is 28.8 Å². The van der Waals surface area contributed by atoms with Crippen LogP contribution in [0.2, 0.25) is 0 Å². The summed E-state index contributed by atoms with van der Waals surface area (Å²) in [7, 11) is 0. The molecule has 2 atom stereocenters. The number of aliphatic hydroxyl groups is 1. The average Bonchev–Trinajstić information content (AvgIpc) is 2.39. The standard InChI is InChI=1S/C14H16O6S/c1-3-20-13(18)14(2,19)10(11(15)16)12(17)21-9-7-5-4-6-8-9/h4-8,10,19H,3H2,1-2H3,(H,15,16)/p-1. The van der Waals surface area contributed by atoms with E-state index in [0.29, 0.717) is 16.7 Å². The molecule has 0 heterocycles. The molecule has 1 aromatic rings. The third-order valence-corrected chi connectivity index (χ3v) is 3.63. The van der Waals surface area contributed by atoms with Crippen molar-refractivity contribution in [3.8, 4) is 0 Å². The van der Waals surface area contributed by atoms with E-state index in [0.717, 1.165) is 6.92 Å². The molecule has 0 aliphatic carbocycles. The Morgan fingerprint density at radius 1 is 1.33 bits per heavy atom. The van der Waals surface area contributed by atoms with Crippen LogP contribution in [0.4, 0.5) is 0 Å². The van der Waals surface area contributed by atoms with Gasteiger partial charge in [0.1, 0.15) is 5.92 Å². The largest absolute Gasteiger partial charge is 0.549 e. The molecule has 0 amide bonds. The monoisotopic (exact) mass is 311 g/mol. The highest BCUT2D eigenvalue weighted by Crippen LogP contribution is 2.29. The molecule has 0 radical (unpaired) electrons. The van der Waals surface area contributed by atoms with Crippen LogP contribution in [0.25, 0.3) is 0 Å². The number of carbonyl (C=O) groups is 3. The van der Waals surface area contributed by atoms with Gasteiger partial charge in [0, 0.05) is 4.90 Å². The quantitative estimate of drug-likeness (QED) is 0.447. The first-order valence-corrected chi connectivity index (χ1v) is 6.99. The fraction of sp³-hybridized carbons (Fsp3) is 0.357. The lowest BCUT2D eigenvalue weighted by Crippen LogP contribution is -2.54. The molecule has 114 valence electrons. The predicted octanol–water partition coefficient (Wildman–Crippen LogP) is -0.0145. The second-order valence-corrected chi connectivity index (χ2v) is 5.43. The zero-order valence-corrected chi connectivity index (χ0v) is 12.4. The van der Waals surface area contributed by atoms with Gasteiger partial charge in [0.2, 0.25) is 5.12 Å². The Bertz CT molecular complexity index is 526. The Morgan fingerprint density at radius 3 is 2.38 bits per heavy atom. The number of aliphatic carboxylic acids is 1. The van der Waals surface area contributed by atoms with Crippen molar-refractivity contribution in [1.82, 2.24) is 0 Å². The normalized spacial score (nSPS) is 14.8. The number of ether oxygens (including phenoxy) is 1. The molecule has 21 heavy (non-hydrogen) atoms. The minimum atomic E-state index is -2.49. The first kappa shape index (κ1) is 17.2. The summed E-state index contributed by atoms with van der Waals surface area (Å²) < 4.78 is 4.60. The average molecular weight is 311 g/mol. The predicted molar refractivity (Wildman–Crippen MR) is 73.1 cm³/mol. The summed E-state index contributed by atoms with van der Waals surface area (Å²) in [5, 5.41) is 20.3. The Morgan fingerprint density at radius 2 is 1.90 bits per heavy atom. The summed E-state index contributed by atoms with van der Waals surface area (Å²) in [6.45, 7) is 2.38. The van der Waals surface area contributed by atoms with Gasteiger partial charge >= 0.3 is 5.97 Å². The Balaban J connectivity index is 2.98. The van der Waals surface area contributed by atoms with Crippen LogP contribution < -0.4 is 5.11 Å². The fourth-order valence-corrected chi connectivity index (χ4v) is 2.58. The number of esters is 1. The summed E-state index contributed by atoms with van der Waals surface area (Å²) in [6, 6.07) is 8.29. The van der Waals surface area contributed by atoms with Gasteiger partial charge in [-0.15, -0.1) is 0 Å². The Labute approximate surface area is 126 Å². The minimum Gasteiger partial charge on any atom is -0.549 e. The summed E-state index contributed by atoms with van der Waals surface area (Å²) in [5.41, 5.74) is -2.49. The molecule has 7 heteroatoms. The Hall–Kier alpha value is -1.86. The van der Waals surface area contributed by atoms with Crippen molar-refractivity contribution in [1.29, 1.82) is 0 Å². The number of carbonyl (C=O) groups excluding carboxylic acids is 3.